The Balaban J connectivity index is 3.13. The van der Waals surface area contributed by atoms with Crippen LogP contribution < -0.4 is 0 Å². The van der Waals surface area contributed by atoms with Gasteiger partial charge in [0, 0.05) is 5.56 Å². The molecule has 13 heavy (non-hydrogen) atoms. The van der Waals surface area contributed by atoms with Crippen molar-refractivity contribution in [3.63, 3.8) is 0 Å². The van der Waals surface area contributed by atoms with E-state index in [0.717, 1.165) is 18.4 Å². The van der Waals surface area contributed by atoms with Crippen LogP contribution in [0.1, 0.15) is 42.3 Å². The molecule has 0 aliphatic carbocycles. The highest BCUT2D eigenvalue weighted by Gasteiger charge is 2.03. The van der Waals surface area contributed by atoms with E-state index >= 15 is 0 Å². The summed E-state index contributed by atoms with van der Waals surface area (Å²) in [7, 11) is 0. The van der Waals surface area contributed by atoms with Gasteiger partial charge in [-0.05, 0) is 37.0 Å². The van der Waals surface area contributed by atoms with Crippen LogP contribution in [0.25, 0.3) is 0 Å². The molecule has 0 spiro atoms. The number of Topliss-reactive ketones (excluding diaryl/α,β-unsaturated/α-hetero) is 1. The summed E-state index contributed by atoms with van der Waals surface area (Å²) in [6, 6.07) is 6.00. The second kappa shape index (κ2) is 4.22. The predicted molar refractivity (Wildman–Crippen MR) is 55.2 cm³/mol. The number of hydrogen-bond acceptors (Lipinski definition) is 1. The van der Waals surface area contributed by atoms with E-state index in [1.807, 2.05) is 12.1 Å². The van der Waals surface area contributed by atoms with Crippen LogP contribution in [0.2, 0.25) is 0 Å². The molecule has 1 aromatic carbocycles. The first-order valence-electron chi connectivity index (χ1n) is 4.81. The highest BCUT2D eigenvalue weighted by Crippen LogP contribution is 2.13. The molecule has 0 unspecified atom stereocenters. The van der Waals surface area contributed by atoms with Crippen molar-refractivity contribution in [2.45, 2.75) is 33.6 Å². The van der Waals surface area contributed by atoms with Crippen molar-refractivity contribution in [2.24, 2.45) is 0 Å². The van der Waals surface area contributed by atoms with Crippen LogP contribution in [0.15, 0.2) is 18.2 Å². The van der Waals surface area contributed by atoms with E-state index < -0.39 is 0 Å². The van der Waals surface area contributed by atoms with Crippen molar-refractivity contribution in [1.82, 2.24) is 0 Å². The fourth-order valence-corrected chi connectivity index (χ4v) is 1.52. The standard InChI is InChI=1S/C12H16O/c1-4-10-6-7-12(9(3)13)8-11(10)5-2/h6-8H,4-5H2,1-3H3. The summed E-state index contributed by atoms with van der Waals surface area (Å²) in [6.07, 6.45) is 2.05. The lowest BCUT2D eigenvalue weighted by Gasteiger charge is -2.06. The van der Waals surface area contributed by atoms with E-state index in [1.165, 1.54) is 11.1 Å². The Bertz CT molecular complexity index is 313. The van der Waals surface area contributed by atoms with Crippen LogP contribution in [0.4, 0.5) is 0 Å². The van der Waals surface area contributed by atoms with Gasteiger partial charge < -0.3 is 0 Å². The number of aryl methyl sites for hydroxylation is 2. The summed E-state index contributed by atoms with van der Waals surface area (Å²) >= 11 is 0. The van der Waals surface area contributed by atoms with E-state index in [4.69, 9.17) is 0 Å². The zero-order valence-corrected chi connectivity index (χ0v) is 8.55. The largest absolute Gasteiger partial charge is 0.295 e. The van der Waals surface area contributed by atoms with Crippen LogP contribution in [0.3, 0.4) is 0 Å². The van der Waals surface area contributed by atoms with Crippen molar-refractivity contribution in [2.75, 3.05) is 0 Å². The number of rotatable bonds is 3. The van der Waals surface area contributed by atoms with Crippen LogP contribution >= 0.6 is 0 Å². The van der Waals surface area contributed by atoms with Gasteiger partial charge in [-0.15, -0.1) is 0 Å². The molecule has 0 fully saturated rings. The Kier molecular flexibility index (Phi) is 3.24. The second-order valence-electron chi connectivity index (χ2n) is 3.25. The highest BCUT2D eigenvalue weighted by molar-refractivity contribution is 5.94. The number of hydrogen-bond donors (Lipinski definition) is 0. The van der Waals surface area contributed by atoms with Gasteiger partial charge in [-0.25, -0.2) is 0 Å². The molecule has 0 aromatic heterocycles. The normalized spacial score (nSPS) is 10.1. The van der Waals surface area contributed by atoms with E-state index in [9.17, 15) is 4.79 Å². The summed E-state index contributed by atoms with van der Waals surface area (Å²) in [5.41, 5.74) is 3.48. The van der Waals surface area contributed by atoms with Crippen molar-refractivity contribution in [3.05, 3.63) is 34.9 Å². The third-order valence-electron chi connectivity index (χ3n) is 2.37. The van der Waals surface area contributed by atoms with Crippen LogP contribution in [0.5, 0.6) is 0 Å². The third-order valence-corrected chi connectivity index (χ3v) is 2.37. The van der Waals surface area contributed by atoms with Crippen LogP contribution in [-0.2, 0) is 12.8 Å². The Morgan fingerprint density at radius 1 is 1.15 bits per heavy atom. The monoisotopic (exact) mass is 176 g/mol. The molecule has 0 heterocycles. The molecular formula is C12H16O. The maximum atomic E-state index is 11.1. The van der Waals surface area contributed by atoms with Gasteiger partial charge in [-0.3, -0.25) is 4.79 Å². The molecule has 1 heteroatoms. The average Bonchev–Trinajstić information content (AvgIpc) is 2.16. The lowest BCUT2D eigenvalue weighted by atomic mass is 9.99. The number of benzene rings is 1. The van der Waals surface area contributed by atoms with E-state index in [-0.39, 0.29) is 5.78 Å². The zero-order chi connectivity index (χ0) is 9.84. The Morgan fingerprint density at radius 3 is 2.23 bits per heavy atom. The van der Waals surface area contributed by atoms with Crippen molar-refractivity contribution in [3.8, 4) is 0 Å². The number of carbonyl (C=O) groups excluding carboxylic acids is 1. The lowest BCUT2D eigenvalue weighted by molar-refractivity contribution is 0.101. The molecule has 0 atom stereocenters. The van der Waals surface area contributed by atoms with Crippen LogP contribution in [0, 0.1) is 0 Å². The summed E-state index contributed by atoms with van der Waals surface area (Å²) < 4.78 is 0. The maximum absolute atomic E-state index is 11.1. The molecule has 1 rings (SSSR count). The summed E-state index contributed by atoms with van der Waals surface area (Å²) in [5, 5.41) is 0. The molecule has 1 aromatic rings. The Morgan fingerprint density at radius 2 is 1.77 bits per heavy atom. The van der Waals surface area contributed by atoms with Crippen LogP contribution in [-0.4, -0.2) is 5.78 Å². The van der Waals surface area contributed by atoms with Gasteiger partial charge in [-0.2, -0.15) is 0 Å². The SMILES string of the molecule is CCc1ccc(C(C)=O)cc1CC. The molecular weight excluding hydrogens is 160 g/mol. The first kappa shape index (κ1) is 9.97. The van der Waals surface area contributed by atoms with E-state index in [1.54, 1.807) is 6.92 Å². The minimum Gasteiger partial charge on any atom is -0.295 e. The molecule has 0 amide bonds. The number of carbonyl (C=O) groups is 1. The third kappa shape index (κ3) is 2.18. The molecule has 0 radical (unpaired) electrons. The van der Waals surface area contributed by atoms with Gasteiger partial charge in [0.25, 0.3) is 0 Å². The van der Waals surface area contributed by atoms with Crippen molar-refractivity contribution < 1.29 is 4.79 Å². The second-order valence-corrected chi connectivity index (χ2v) is 3.25. The maximum Gasteiger partial charge on any atom is 0.159 e. The van der Waals surface area contributed by atoms with Crippen molar-refractivity contribution >= 4 is 5.78 Å². The van der Waals surface area contributed by atoms with E-state index in [2.05, 4.69) is 19.9 Å². The fourth-order valence-electron chi connectivity index (χ4n) is 1.52. The minimum atomic E-state index is 0.150. The summed E-state index contributed by atoms with van der Waals surface area (Å²) in [5.74, 6) is 0.150. The first-order chi connectivity index (χ1) is 6.19. The predicted octanol–water partition coefficient (Wildman–Crippen LogP) is 3.01. The molecule has 0 saturated carbocycles. The van der Waals surface area contributed by atoms with E-state index in [0.29, 0.717) is 0 Å². The lowest BCUT2D eigenvalue weighted by Crippen LogP contribution is -1.97. The zero-order valence-electron chi connectivity index (χ0n) is 8.55. The molecule has 0 aliphatic rings. The fraction of sp³-hybridized carbons (Fsp3) is 0.417. The topological polar surface area (TPSA) is 17.1 Å². The first-order valence-corrected chi connectivity index (χ1v) is 4.81. The average molecular weight is 176 g/mol. The molecule has 70 valence electrons. The molecule has 1 nitrogen and oxygen atoms in total. The van der Waals surface area contributed by atoms with Gasteiger partial charge in [0.05, 0.1) is 0 Å². The van der Waals surface area contributed by atoms with Gasteiger partial charge in [0.1, 0.15) is 0 Å². The molecule has 0 N–H and O–H groups in total. The van der Waals surface area contributed by atoms with Crippen molar-refractivity contribution in [1.29, 1.82) is 0 Å². The smallest absolute Gasteiger partial charge is 0.159 e. The minimum absolute atomic E-state index is 0.150. The highest BCUT2D eigenvalue weighted by atomic mass is 16.1. The summed E-state index contributed by atoms with van der Waals surface area (Å²) in [4.78, 5) is 11.1. The van der Waals surface area contributed by atoms with Gasteiger partial charge >= 0.3 is 0 Å². The molecule has 0 saturated heterocycles. The molecule has 0 bridgehead atoms. The van der Waals surface area contributed by atoms with Gasteiger partial charge in [0.15, 0.2) is 5.78 Å². The van der Waals surface area contributed by atoms with Gasteiger partial charge in [-0.1, -0.05) is 26.0 Å². The number of ketones is 1. The Hall–Kier alpha value is -1.11. The summed E-state index contributed by atoms with van der Waals surface area (Å²) in [6.45, 7) is 5.88. The van der Waals surface area contributed by atoms with Gasteiger partial charge in [0.2, 0.25) is 0 Å². The quantitative estimate of drug-likeness (QED) is 0.647. The molecule has 0 aliphatic heterocycles. The Labute approximate surface area is 79.8 Å².